The zero-order valence-electron chi connectivity index (χ0n) is 20.0. The van der Waals surface area contributed by atoms with Gasteiger partial charge >= 0.3 is 5.97 Å². The van der Waals surface area contributed by atoms with E-state index in [1.54, 1.807) is 18.3 Å². The normalized spacial score (nSPS) is 13.4. The summed E-state index contributed by atoms with van der Waals surface area (Å²) in [7, 11) is 0. The number of nitro benzene ring substituents is 1. The maximum Gasteiger partial charge on any atom is 0.344 e. The van der Waals surface area contributed by atoms with Crippen LogP contribution in [0, 0.1) is 10.1 Å². The number of hydrogen-bond acceptors (Lipinski definition) is 7. The molecule has 0 bridgehead atoms. The van der Waals surface area contributed by atoms with E-state index in [4.69, 9.17) is 4.74 Å². The van der Waals surface area contributed by atoms with Gasteiger partial charge in [0.15, 0.2) is 0 Å². The number of carbonyl (C=O) groups is 1. The van der Waals surface area contributed by atoms with Gasteiger partial charge in [-0.15, -0.1) is 0 Å². The standard InChI is InChI=1S/C29H24N4O4/c34-29(23-10-8-22(9-11-23)21-6-2-1-3-7-21)37-28(31-24-12-14-25(15-13-24)33(35)36)27-20-26(16-17-30-27)32-18-4-5-19-32/h1-3,6-17,20H,4-5,18-19H2. The fourth-order valence-corrected chi connectivity index (χ4v) is 4.18. The fraction of sp³-hybridized carbons (Fsp3) is 0.138. The third-order valence-corrected chi connectivity index (χ3v) is 6.14. The molecule has 8 heteroatoms. The van der Waals surface area contributed by atoms with Crippen molar-refractivity contribution in [3.8, 4) is 11.1 Å². The van der Waals surface area contributed by atoms with Gasteiger partial charge in [0.05, 0.1) is 16.2 Å². The zero-order chi connectivity index (χ0) is 25.6. The molecule has 2 heterocycles. The van der Waals surface area contributed by atoms with E-state index in [0.29, 0.717) is 16.9 Å². The molecule has 8 nitrogen and oxygen atoms in total. The highest BCUT2D eigenvalue weighted by Gasteiger charge is 2.19. The Hall–Kier alpha value is -4.85. The lowest BCUT2D eigenvalue weighted by Crippen LogP contribution is -2.19. The van der Waals surface area contributed by atoms with Gasteiger partial charge < -0.3 is 9.64 Å². The third-order valence-electron chi connectivity index (χ3n) is 6.14. The van der Waals surface area contributed by atoms with Crippen molar-refractivity contribution in [2.24, 2.45) is 4.99 Å². The van der Waals surface area contributed by atoms with Crippen molar-refractivity contribution in [1.29, 1.82) is 0 Å². The first kappa shape index (κ1) is 23.9. The van der Waals surface area contributed by atoms with Gasteiger partial charge in [0.1, 0.15) is 5.69 Å². The van der Waals surface area contributed by atoms with Gasteiger partial charge in [-0.25, -0.2) is 9.79 Å². The highest BCUT2D eigenvalue weighted by Crippen LogP contribution is 2.24. The summed E-state index contributed by atoms with van der Waals surface area (Å²) in [6, 6.07) is 26.5. The van der Waals surface area contributed by atoms with Crippen molar-refractivity contribution in [1.82, 2.24) is 4.98 Å². The second-order valence-electron chi connectivity index (χ2n) is 8.62. The summed E-state index contributed by atoms with van der Waals surface area (Å²) in [5.41, 5.74) is 4.12. The number of nitro groups is 1. The molecular formula is C29H24N4O4. The molecule has 1 saturated heterocycles. The van der Waals surface area contributed by atoms with Crippen LogP contribution in [0.3, 0.4) is 0 Å². The maximum atomic E-state index is 13.1. The molecule has 3 aromatic carbocycles. The number of pyridine rings is 1. The molecule has 0 radical (unpaired) electrons. The summed E-state index contributed by atoms with van der Waals surface area (Å²) in [4.78, 5) is 34.8. The van der Waals surface area contributed by atoms with Crippen LogP contribution in [0.15, 0.2) is 102 Å². The third kappa shape index (κ3) is 5.70. The molecule has 184 valence electrons. The van der Waals surface area contributed by atoms with E-state index in [1.807, 2.05) is 54.6 Å². The number of ether oxygens (including phenoxy) is 1. The topological polar surface area (TPSA) is 97.9 Å². The molecule has 0 saturated carbocycles. The largest absolute Gasteiger partial charge is 0.401 e. The minimum atomic E-state index is -0.575. The average Bonchev–Trinajstić information content (AvgIpc) is 3.49. The number of nitrogens with zero attached hydrogens (tertiary/aromatic N) is 4. The molecular weight excluding hydrogens is 468 g/mol. The van der Waals surface area contributed by atoms with Gasteiger partial charge in [-0.2, -0.15) is 0 Å². The SMILES string of the molecule is O=C(OC(=Nc1ccc([N+](=O)[O-])cc1)c1cc(N2CCCC2)ccn1)c1ccc(-c2ccccc2)cc1. The van der Waals surface area contributed by atoms with Crippen molar-refractivity contribution in [3.05, 3.63) is 119 Å². The summed E-state index contributed by atoms with van der Waals surface area (Å²) < 4.78 is 5.76. The van der Waals surface area contributed by atoms with Crippen LogP contribution in [0.1, 0.15) is 28.9 Å². The predicted molar refractivity (Wildman–Crippen MR) is 142 cm³/mol. The highest BCUT2D eigenvalue weighted by molar-refractivity contribution is 6.05. The van der Waals surface area contributed by atoms with E-state index in [0.717, 1.165) is 42.7 Å². The number of carbonyl (C=O) groups excluding carboxylic acids is 1. The molecule has 37 heavy (non-hydrogen) atoms. The van der Waals surface area contributed by atoms with Crippen LogP contribution >= 0.6 is 0 Å². The number of non-ortho nitro benzene ring substituents is 1. The lowest BCUT2D eigenvalue weighted by atomic mass is 10.0. The van der Waals surface area contributed by atoms with Gasteiger partial charge in [-0.3, -0.25) is 15.1 Å². The van der Waals surface area contributed by atoms with E-state index in [-0.39, 0.29) is 11.6 Å². The monoisotopic (exact) mass is 492 g/mol. The van der Waals surface area contributed by atoms with E-state index < -0.39 is 10.9 Å². The van der Waals surface area contributed by atoms with E-state index in [1.165, 1.54) is 24.3 Å². The van der Waals surface area contributed by atoms with Crippen LogP contribution in [0.4, 0.5) is 17.1 Å². The minimum Gasteiger partial charge on any atom is -0.401 e. The van der Waals surface area contributed by atoms with E-state index in [2.05, 4.69) is 14.9 Å². The molecule has 0 aliphatic carbocycles. The Labute approximate surface area is 214 Å². The fourth-order valence-electron chi connectivity index (χ4n) is 4.18. The summed E-state index contributed by atoms with van der Waals surface area (Å²) in [6.07, 6.45) is 3.90. The van der Waals surface area contributed by atoms with Gasteiger partial charge in [-0.05, 0) is 60.4 Å². The van der Waals surface area contributed by atoms with Crippen LogP contribution in [-0.4, -0.2) is 34.9 Å². The van der Waals surface area contributed by atoms with Crippen molar-refractivity contribution < 1.29 is 14.5 Å². The van der Waals surface area contributed by atoms with Crippen LogP contribution in [-0.2, 0) is 4.74 Å². The average molecular weight is 493 g/mol. The minimum absolute atomic E-state index is 0.0204. The summed E-state index contributed by atoms with van der Waals surface area (Å²) >= 11 is 0. The Bertz CT molecular complexity index is 1430. The Morgan fingerprint density at radius 2 is 1.57 bits per heavy atom. The Balaban J connectivity index is 1.45. The van der Waals surface area contributed by atoms with Gasteiger partial charge in [-0.1, -0.05) is 42.5 Å². The molecule has 4 aromatic rings. The summed E-state index contributed by atoms with van der Waals surface area (Å²) in [5, 5.41) is 11.0. The summed E-state index contributed by atoms with van der Waals surface area (Å²) in [6.45, 7) is 1.90. The lowest BCUT2D eigenvalue weighted by Gasteiger charge is -2.18. The quantitative estimate of drug-likeness (QED) is 0.105. The number of anilines is 1. The van der Waals surface area contributed by atoms with Gasteiger partial charge in [0.2, 0.25) is 5.90 Å². The van der Waals surface area contributed by atoms with Gasteiger partial charge in [0, 0.05) is 37.1 Å². The Kier molecular flexibility index (Phi) is 6.98. The number of esters is 1. The molecule has 1 aliphatic rings. The lowest BCUT2D eigenvalue weighted by molar-refractivity contribution is -0.384. The molecule has 5 rings (SSSR count). The van der Waals surface area contributed by atoms with Crippen molar-refractivity contribution >= 4 is 28.9 Å². The number of aromatic nitrogens is 1. The Morgan fingerprint density at radius 3 is 2.24 bits per heavy atom. The predicted octanol–water partition coefficient (Wildman–Crippen LogP) is 6.19. The molecule has 1 fully saturated rings. The summed E-state index contributed by atoms with van der Waals surface area (Å²) in [5.74, 6) is -0.555. The smallest absolute Gasteiger partial charge is 0.344 e. The van der Waals surface area contributed by atoms with Crippen LogP contribution in [0.25, 0.3) is 11.1 Å². The van der Waals surface area contributed by atoms with Crippen LogP contribution in [0.2, 0.25) is 0 Å². The molecule has 1 aliphatic heterocycles. The van der Waals surface area contributed by atoms with Crippen molar-refractivity contribution in [3.63, 3.8) is 0 Å². The number of benzene rings is 3. The molecule has 0 atom stereocenters. The molecule has 0 N–H and O–H groups in total. The Morgan fingerprint density at radius 1 is 0.892 bits per heavy atom. The first-order chi connectivity index (χ1) is 18.1. The maximum absolute atomic E-state index is 13.1. The molecule has 0 amide bonds. The number of rotatable bonds is 6. The molecule has 0 unspecified atom stereocenters. The second-order valence-corrected chi connectivity index (χ2v) is 8.62. The van der Waals surface area contributed by atoms with Crippen LogP contribution < -0.4 is 4.90 Å². The van der Waals surface area contributed by atoms with E-state index in [9.17, 15) is 14.9 Å². The van der Waals surface area contributed by atoms with Crippen LogP contribution in [0.5, 0.6) is 0 Å². The first-order valence-corrected chi connectivity index (χ1v) is 12.0. The van der Waals surface area contributed by atoms with Crippen molar-refractivity contribution in [2.45, 2.75) is 12.8 Å². The van der Waals surface area contributed by atoms with E-state index >= 15 is 0 Å². The zero-order valence-corrected chi connectivity index (χ0v) is 20.0. The molecule has 0 spiro atoms. The molecule has 1 aromatic heterocycles. The van der Waals surface area contributed by atoms with Gasteiger partial charge in [0.25, 0.3) is 5.69 Å². The first-order valence-electron chi connectivity index (χ1n) is 12.0. The highest BCUT2D eigenvalue weighted by atomic mass is 16.6. The number of aliphatic imine (C=N–C) groups is 1. The number of hydrogen-bond donors (Lipinski definition) is 0. The second kappa shape index (κ2) is 10.8. The van der Waals surface area contributed by atoms with Crippen molar-refractivity contribution in [2.75, 3.05) is 18.0 Å².